The highest BCUT2D eigenvalue weighted by molar-refractivity contribution is 6.63. The lowest BCUT2D eigenvalue weighted by atomic mass is 10.2. The molecule has 0 saturated carbocycles. The van der Waals surface area contributed by atoms with Gasteiger partial charge in [0.05, 0.1) is 0 Å². The van der Waals surface area contributed by atoms with E-state index < -0.39 is 16.4 Å². The Balaban J connectivity index is 3.75. The van der Waals surface area contributed by atoms with Crippen LogP contribution in [0.15, 0.2) is 0 Å². The van der Waals surface area contributed by atoms with Crippen LogP contribution >= 0.6 is 34.8 Å². The van der Waals surface area contributed by atoms with Gasteiger partial charge in [-0.25, -0.2) is 0 Å². The summed E-state index contributed by atoms with van der Waals surface area (Å²) >= 11 is 15.6. The van der Waals surface area contributed by atoms with Crippen LogP contribution in [0.1, 0.15) is 12.8 Å². The topological polar surface area (TPSA) is 34.1 Å². The largest absolute Gasteiger partial charge is 0.291 e. The van der Waals surface area contributed by atoms with E-state index >= 15 is 0 Å². The smallest absolute Gasteiger partial charge is 0.231 e. The van der Waals surface area contributed by atoms with Crippen LogP contribution in [0.5, 0.6) is 0 Å². The van der Waals surface area contributed by atoms with Gasteiger partial charge in [0, 0.05) is 12.3 Å². The van der Waals surface area contributed by atoms with Gasteiger partial charge in [-0.3, -0.25) is 9.59 Å². The Hall–Kier alpha value is 0.210. The number of rotatable bonds is 5. The number of hydrogen-bond acceptors (Lipinski definition) is 2. The van der Waals surface area contributed by atoms with E-state index in [1.807, 2.05) is 0 Å². The molecule has 5 heteroatoms. The molecule has 0 aliphatic heterocycles. The Labute approximate surface area is 79.8 Å². The number of hydrogen-bond donors (Lipinski definition) is 0. The minimum absolute atomic E-state index is 0.123. The van der Waals surface area contributed by atoms with Crippen LogP contribution in [-0.4, -0.2) is 22.3 Å². The highest BCUT2D eigenvalue weighted by Gasteiger charge is 2.19. The standard InChI is InChI=1S/C6H7Cl3O2/c7-3-1-2-4(10)5(11)6(8)9/h6H,1-3H2. The van der Waals surface area contributed by atoms with Gasteiger partial charge in [0.2, 0.25) is 11.6 Å². The Kier molecular flexibility index (Phi) is 5.92. The molecular weight excluding hydrogens is 210 g/mol. The van der Waals surface area contributed by atoms with Crippen LogP contribution < -0.4 is 0 Å². The molecule has 2 nitrogen and oxygen atoms in total. The van der Waals surface area contributed by atoms with Crippen molar-refractivity contribution < 1.29 is 9.59 Å². The fourth-order valence-corrected chi connectivity index (χ4v) is 0.849. The van der Waals surface area contributed by atoms with Crippen molar-refractivity contribution in [1.29, 1.82) is 0 Å². The lowest BCUT2D eigenvalue weighted by Gasteiger charge is -1.97. The van der Waals surface area contributed by atoms with E-state index in [-0.39, 0.29) is 6.42 Å². The molecule has 0 atom stereocenters. The van der Waals surface area contributed by atoms with E-state index in [1.54, 1.807) is 0 Å². The third-order valence-corrected chi connectivity index (χ3v) is 1.67. The minimum atomic E-state index is -1.24. The van der Waals surface area contributed by atoms with Gasteiger partial charge in [0.15, 0.2) is 4.84 Å². The zero-order valence-corrected chi connectivity index (χ0v) is 7.92. The van der Waals surface area contributed by atoms with Crippen LogP contribution in [-0.2, 0) is 9.59 Å². The Morgan fingerprint density at radius 2 is 1.82 bits per heavy atom. The molecule has 0 amide bonds. The number of ketones is 2. The van der Waals surface area contributed by atoms with Crippen LogP contribution in [0.3, 0.4) is 0 Å². The molecule has 0 aromatic carbocycles. The first-order chi connectivity index (χ1) is 5.09. The predicted molar refractivity (Wildman–Crippen MR) is 45.5 cm³/mol. The first-order valence-electron chi connectivity index (χ1n) is 3.00. The molecule has 64 valence electrons. The Bertz CT molecular complexity index is 156. The zero-order valence-electron chi connectivity index (χ0n) is 5.65. The van der Waals surface area contributed by atoms with Crippen LogP contribution in [0.25, 0.3) is 0 Å². The van der Waals surface area contributed by atoms with Crippen LogP contribution in [0.2, 0.25) is 0 Å². The van der Waals surface area contributed by atoms with Gasteiger partial charge in [-0.15, -0.1) is 11.6 Å². The van der Waals surface area contributed by atoms with Crippen molar-refractivity contribution in [2.75, 3.05) is 5.88 Å². The van der Waals surface area contributed by atoms with Gasteiger partial charge in [-0.2, -0.15) is 0 Å². The summed E-state index contributed by atoms with van der Waals surface area (Å²) in [6, 6.07) is 0. The van der Waals surface area contributed by atoms with Gasteiger partial charge < -0.3 is 0 Å². The summed E-state index contributed by atoms with van der Waals surface area (Å²) in [5, 5.41) is 0. The van der Waals surface area contributed by atoms with Crippen molar-refractivity contribution in [3.05, 3.63) is 0 Å². The van der Waals surface area contributed by atoms with E-state index in [0.29, 0.717) is 12.3 Å². The molecule has 0 aliphatic carbocycles. The number of Topliss-reactive ketones (excluding diaryl/α,β-unsaturated/α-hetero) is 2. The van der Waals surface area contributed by atoms with E-state index in [9.17, 15) is 9.59 Å². The SMILES string of the molecule is O=C(CCCCl)C(=O)C(Cl)Cl. The number of carbonyl (C=O) groups excluding carboxylic acids is 2. The molecule has 0 aromatic rings. The van der Waals surface area contributed by atoms with Crippen molar-refractivity contribution in [3.63, 3.8) is 0 Å². The maximum absolute atomic E-state index is 10.8. The summed E-state index contributed by atoms with van der Waals surface area (Å²) in [5.74, 6) is -0.951. The van der Waals surface area contributed by atoms with Crippen LogP contribution in [0, 0.1) is 0 Å². The molecule has 0 bridgehead atoms. The third-order valence-electron chi connectivity index (χ3n) is 1.01. The molecule has 0 fully saturated rings. The highest BCUT2D eigenvalue weighted by Crippen LogP contribution is 2.06. The van der Waals surface area contributed by atoms with Crippen molar-refractivity contribution in [2.24, 2.45) is 0 Å². The maximum atomic E-state index is 10.8. The first-order valence-corrected chi connectivity index (χ1v) is 4.41. The van der Waals surface area contributed by atoms with Crippen molar-refractivity contribution in [1.82, 2.24) is 0 Å². The highest BCUT2D eigenvalue weighted by atomic mass is 35.5. The summed E-state index contributed by atoms with van der Waals surface area (Å²) in [6.45, 7) is 0. The van der Waals surface area contributed by atoms with Crippen molar-refractivity contribution >= 4 is 46.4 Å². The van der Waals surface area contributed by atoms with Crippen LogP contribution in [0.4, 0.5) is 0 Å². The van der Waals surface area contributed by atoms with Gasteiger partial charge in [-0.1, -0.05) is 23.2 Å². The molecule has 0 heterocycles. The summed E-state index contributed by atoms with van der Waals surface area (Å²) in [7, 11) is 0. The Morgan fingerprint density at radius 1 is 1.27 bits per heavy atom. The molecule has 0 unspecified atom stereocenters. The fraction of sp³-hybridized carbons (Fsp3) is 0.667. The normalized spacial score (nSPS) is 10.2. The number of carbonyl (C=O) groups is 2. The lowest BCUT2D eigenvalue weighted by Crippen LogP contribution is -2.20. The molecule has 0 aliphatic rings. The molecule has 0 saturated heterocycles. The van der Waals surface area contributed by atoms with E-state index in [2.05, 4.69) is 0 Å². The summed E-state index contributed by atoms with van der Waals surface area (Å²) < 4.78 is 0. The number of halogens is 3. The summed E-state index contributed by atoms with van der Waals surface area (Å²) in [4.78, 5) is 20.2. The molecule has 0 aromatic heterocycles. The van der Waals surface area contributed by atoms with Gasteiger partial charge in [-0.05, 0) is 6.42 Å². The quantitative estimate of drug-likeness (QED) is 0.521. The molecule has 0 rings (SSSR count). The Morgan fingerprint density at radius 3 is 2.18 bits per heavy atom. The fourth-order valence-electron chi connectivity index (χ4n) is 0.472. The lowest BCUT2D eigenvalue weighted by molar-refractivity contribution is -0.135. The minimum Gasteiger partial charge on any atom is -0.291 e. The molecule has 0 radical (unpaired) electrons. The second kappa shape index (κ2) is 5.81. The second-order valence-corrected chi connectivity index (χ2v) is 3.35. The zero-order chi connectivity index (χ0) is 8.85. The molecule has 0 N–H and O–H groups in total. The first kappa shape index (κ1) is 11.2. The summed E-state index contributed by atoms with van der Waals surface area (Å²) in [5.41, 5.74) is 0. The molecular formula is C6H7Cl3O2. The third kappa shape index (κ3) is 4.62. The summed E-state index contributed by atoms with van der Waals surface area (Å²) in [6.07, 6.45) is 0.602. The maximum Gasteiger partial charge on any atom is 0.231 e. The number of alkyl halides is 3. The van der Waals surface area contributed by atoms with Crippen molar-refractivity contribution in [3.8, 4) is 0 Å². The van der Waals surface area contributed by atoms with E-state index in [0.717, 1.165) is 0 Å². The van der Waals surface area contributed by atoms with Gasteiger partial charge in [0.1, 0.15) is 0 Å². The van der Waals surface area contributed by atoms with E-state index in [4.69, 9.17) is 34.8 Å². The second-order valence-electron chi connectivity index (χ2n) is 1.88. The van der Waals surface area contributed by atoms with Crippen molar-refractivity contribution in [2.45, 2.75) is 17.7 Å². The molecule has 11 heavy (non-hydrogen) atoms. The average molecular weight is 217 g/mol. The monoisotopic (exact) mass is 216 g/mol. The molecule has 0 spiro atoms. The van der Waals surface area contributed by atoms with E-state index in [1.165, 1.54) is 0 Å². The van der Waals surface area contributed by atoms with Gasteiger partial charge >= 0.3 is 0 Å². The van der Waals surface area contributed by atoms with Gasteiger partial charge in [0.25, 0.3) is 0 Å². The average Bonchev–Trinajstić information content (AvgIpc) is 1.98. The predicted octanol–water partition coefficient (Wildman–Crippen LogP) is 1.95.